The Balaban J connectivity index is 2.86. The molecular formula is C16H25O12P. The van der Waals surface area contributed by atoms with Crippen molar-refractivity contribution in [3.63, 3.8) is 0 Å². The first kappa shape index (κ1) is 25.0. The topological polar surface area (TPSA) is 150 Å². The van der Waals surface area contributed by atoms with Gasteiger partial charge in [-0.2, -0.15) is 0 Å². The van der Waals surface area contributed by atoms with Crippen molar-refractivity contribution in [1.82, 2.24) is 0 Å². The smallest absolute Gasteiger partial charge is 0.339 e. The molecule has 0 aromatic carbocycles. The van der Waals surface area contributed by atoms with Crippen molar-refractivity contribution < 1.29 is 56.5 Å². The van der Waals surface area contributed by atoms with Crippen LogP contribution in [0.25, 0.3) is 0 Å². The van der Waals surface area contributed by atoms with Crippen LogP contribution in [0, 0.1) is 0 Å². The summed E-state index contributed by atoms with van der Waals surface area (Å²) in [6.45, 7) is 3.29. The Kier molecular flexibility index (Phi) is 10.2. The van der Waals surface area contributed by atoms with Crippen molar-refractivity contribution in [2.24, 2.45) is 0 Å². The highest BCUT2D eigenvalue weighted by Gasteiger charge is 2.41. The molecule has 29 heavy (non-hydrogen) atoms. The summed E-state index contributed by atoms with van der Waals surface area (Å²) in [6.07, 6.45) is -2.80. The van der Waals surface area contributed by atoms with Crippen molar-refractivity contribution in [3.8, 4) is 0 Å². The van der Waals surface area contributed by atoms with Crippen LogP contribution in [-0.2, 0) is 56.5 Å². The first-order valence-electron chi connectivity index (χ1n) is 8.61. The summed E-state index contributed by atoms with van der Waals surface area (Å²) < 4.78 is 48.1. The molecule has 0 aromatic rings. The van der Waals surface area contributed by atoms with Gasteiger partial charge in [0.1, 0.15) is 18.3 Å². The molecule has 0 radical (unpaired) electrons. The van der Waals surface area contributed by atoms with Crippen LogP contribution in [0.1, 0.15) is 34.1 Å². The van der Waals surface area contributed by atoms with Gasteiger partial charge in [-0.15, -0.1) is 0 Å². The highest BCUT2D eigenvalue weighted by Crippen LogP contribution is 2.50. The molecule has 1 aliphatic heterocycles. The highest BCUT2D eigenvalue weighted by molar-refractivity contribution is 7.53. The van der Waals surface area contributed by atoms with E-state index in [1.807, 2.05) is 0 Å². The maximum Gasteiger partial charge on any atom is 0.339 e. The number of hydrogen-bond donors (Lipinski definition) is 0. The lowest BCUT2D eigenvalue weighted by atomic mass is 10.0. The minimum Gasteiger partial charge on any atom is -0.460 e. The predicted molar refractivity (Wildman–Crippen MR) is 93.4 cm³/mol. The van der Waals surface area contributed by atoms with E-state index in [1.165, 1.54) is 13.8 Å². The molecule has 0 amide bonds. The van der Waals surface area contributed by atoms with E-state index in [-0.39, 0.29) is 13.0 Å². The molecule has 166 valence electrons. The fourth-order valence-corrected chi connectivity index (χ4v) is 3.88. The van der Waals surface area contributed by atoms with E-state index in [9.17, 15) is 23.7 Å². The lowest BCUT2D eigenvalue weighted by Crippen LogP contribution is -2.46. The van der Waals surface area contributed by atoms with Crippen LogP contribution in [0.4, 0.5) is 0 Å². The monoisotopic (exact) mass is 440 g/mol. The lowest BCUT2D eigenvalue weighted by Gasteiger charge is -2.36. The zero-order chi connectivity index (χ0) is 22.0. The third-order valence-electron chi connectivity index (χ3n) is 3.48. The van der Waals surface area contributed by atoms with Crippen molar-refractivity contribution in [3.05, 3.63) is 0 Å². The van der Waals surface area contributed by atoms with E-state index in [2.05, 4.69) is 9.47 Å². The summed E-state index contributed by atoms with van der Waals surface area (Å²) in [5.41, 5.74) is 0. The average molecular weight is 440 g/mol. The molecule has 0 N–H and O–H groups in total. The van der Waals surface area contributed by atoms with Gasteiger partial charge < -0.3 is 23.7 Å². The average Bonchev–Trinajstić information content (AvgIpc) is 2.55. The number of carbonyl (C=O) groups is 4. The molecule has 1 aliphatic rings. The van der Waals surface area contributed by atoms with Crippen LogP contribution in [0.3, 0.4) is 0 Å². The molecule has 3 atom stereocenters. The second-order valence-electron chi connectivity index (χ2n) is 6.05. The first-order chi connectivity index (χ1) is 13.5. The van der Waals surface area contributed by atoms with Crippen LogP contribution in [0.5, 0.6) is 0 Å². The zero-order valence-corrected chi connectivity index (χ0v) is 17.5. The third kappa shape index (κ3) is 10.4. The van der Waals surface area contributed by atoms with Gasteiger partial charge in [0.25, 0.3) is 0 Å². The fourth-order valence-electron chi connectivity index (χ4n) is 2.38. The minimum absolute atomic E-state index is 0.0318. The van der Waals surface area contributed by atoms with Crippen LogP contribution >= 0.6 is 7.60 Å². The van der Waals surface area contributed by atoms with Crippen molar-refractivity contribution >= 4 is 31.5 Å². The van der Waals surface area contributed by atoms with Gasteiger partial charge in [-0.1, -0.05) is 0 Å². The molecule has 0 aliphatic carbocycles. The van der Waals surface area contributed by atoms with Gasteiger partial charge in [0.2, 0.25) is 13.6 Å². The van der Waals surface area contributed by atoms with Gasteiger partial charge in [0, 0.05) is 34.1 Å². The second kappa shape index (κ2) is 11.9. The number of esters is 4. The Morgan fingerprint density at radius 1 is 0.862 bits per heavy atom. The number of carbonyl (C=O) groups excluding carboxylic acids is 4. The van der Waals surface area contributed by atoms with Gasteiger partial charge in [-0.3, -0.25) is 32.8 Å². The van der Waals surface area contributed by atoms with E-state index < -0.39 is 69.5 Å². The van der Waals surface area contributed by atoms with Crippen LogP contribution in [0.15, 0.2) is 0 Å². The van der Waals surface area contributed by atoms with Gasteiger partial charge in [0.05, 0.1) is 12.8 Å². The molecule has 1 rings (SSSR count). The summed E-state index contributed by atoms with van der Waals surface area (Å²) in [7, 11) is -4.01. The normalized spacial score (nSPS) is 21.7. The summed E-state index contributed by atoms with van der Waals surface area (Å²) in [6, 6.07) is 0. The Morgan fingerprint density at radius 3 is 1.83 bits per heavy atom. The fraction of sp³-hybridized carbons (Fsp3) is 0.750. The van der Waals surface area contributed by atoms with Crippen LogP contribution in [-0.4, -0.2) is 68.5 Å². The van der Waals surface area contributed by atoms with E-state index >= 15 is 0 Å². The molecule has 0 unspecified atom stereocenters. The van der Waals surface area contributed by atoms with Gasteiger partial charge >= 0.3 is 31.5 Å². The van der Waals surface area contributed by atoms with Crippen LogP contribution in [0.2, 0.25) is 0 Å². The van der Waals surface area contributed by atoms with E-state index in [0.29, 0.717) is 0 Å². The second-order valence-corrected chi connectivity index (χ2v) is 8.15. The molecule has 12 nitrogen and oxygen atoms in total. The third-order valence-corrected chi connectivity index (χ3v) is 5.29. The van der Waals surface area contributed by atoms with Gasteiger partial charge in [-0.25, -0.2) is 0 Å². The SMILES string of the molecule is CC(=O)OCOP(=O)(C[C@H]1OC[C@@H](OC(C)=O)C[C@@H]1OC(C)=O)OCOC(C)=O. The summed E-state index contributed by atoms with van der Waals surface area (Å²) in [4.78, 5) is 44.3. The summed E-state index contributed by atoms with van der Waals surface area (Å²) in [5, 5.41) is 0. The number of ether oxygens (including phenoxy) is 5. The standard InChI is InChI=1S/C16H25O12P/c1-10(17)23-8-25-29(21,26-9-24-11(2)18)7-16-15(28-13(4)20)5-14(6-22-16)27-12(3)19/h14-16H,5-9H2,1-4H3/t14-,15-,16+/m0/s1. The Bertz CT molecular complexity index is 624. The molecule has 1 heterocycles. The van der Waals surface area contributed by atoms with Crippen molar-refractivity contribution in [2.75, 3.05) is 26.4 Å². The number of hydrogen-bond acceptors (Lipinski definition) is 12. The van der Waals surface area contributed by atoms with Crippen LogP contribution < -0.4 is 0 Å². The molecular weight excluding hydrogens is 415 g/mol. The largest absolute Gasteiger partial charge is 0.460 e. The molecule has 13 heteroatoms. The van der Waals surface area contributed by atoms with Crippen molar-refractivity contribution in [2.45, 2.75) is 52.4 Å². The minimum atomic E-state index is -4.01. The van der Waals surface area contributed by atoms with E-state index in [0.717, 1.165) is 13.8 Å². The van der Waals surface area contributed by atoms with Crippen molar-refractivity contribution in [1.29, 1.82) is 0 Å². The molecule has 0 spiro atoms. The highest BCUT2D eigenvalue weighted by atomic mass is 31.2. The van der Waals surface area contributed by atoms with Gasteiger partial charge in [-0.05, 0) is 0 Å². The summed E-state index contributed by atoms with van der Waals surface area (Å²) >= 11 is 0. The molecule has 1 saturated heterocycles. The first-order valence-corrected chi connectivity index (χ1v) is 10.3. The molecule has 0 saturated carbocycles. The van der Waals surface area contributed by atoms with E-state index in [4.69, 9.17) is 23.3 Å². The number of rotatable bonds is 10. The van der Waals surface area contributed by atoms with E-state index in [1.54, 1.807) is 0 Å². The Hall–Kier alpha value is -2.01. The maximum atomic E-state index is 13.0. The summed E-state index contributed by atoms with van der Waals surface area (Å²) in [5.74, 6) is -2.50. The Morgan fingerprint density at radius 2 is 1.38 bits per heavy atom. The van der Waals surface area contributed by atoms with Gasteiger partial charge in [0.15, 0.2) is 0 Å². The zero-order valence-electron chi connectivity index (χ0n) is 16.6. The lowest BCUT2D eigenvalue weighted by molar-refractivity contribution is -0.180. The Labute approximate surface area is 167 Å². The molecule has 1 fully saturated rings. The molecule has 0 aromatic heterocycles. The predicted octanol–water partition coefficient (Wildman–Crippen LogP) is 0.906. The molecule has 0 bridgehead atoms. The maximum absolute atomic E-state index is 13.0. The quantitative estimate of drug-likeness (QED) is 0.205.